The topological polar surface area (TPSA) is 122 Å². The van der Waals surface area contributed by atoms with Gasteiger partial charge < -0.3 is 21.5 Å². The lowest BCUT2D eigenvalue weighted by atomic mass is 10.0. The molecule has 0 fully saturated rings. The van der Waals surface area contributed by atoms with Gasteiger partial charge in [-0.3, -0.25) is 9.59 Å². The van der Waals surface area contributed by atoms with Gasteiger partial charge in [0.1, 0.15) is 6.04 Å². The summed E-state index contributed by atoms with van der Waals surface area (Å²) >= 11 is 0. The molecular weight excluding hydrogens is 226 g/mol. The summed E-state index contributed by atoms with van der Waals surface area (Å²) in [5, 5.41) is 13.4. The minimum atomic E-state index is -0.894. The molecule has 0 aliphatic carbocycles. The molecule has 0 radical (unpaired) electrons. The highest BCUT2D eigenvalue weighted by Gasteiger charge is 2.16. The maximum absolute atomic E-state index is 11.5. The van der Waals surface area contributed by atoms with Gasteiger partial charge in [0.25, 0.3) is 0 Å². The number of hydrogen-bond donors (Lipinski definition) is 4. The van der Waals surface area contributed by atoms with Gasteiger partial charge >= 0.3 is 12.0 Å². The maximum Gasteiger partial charge on any atom is 0.312 e. The second-order valence-corrected chi connectivity index (χ2v) is 3.85. The van der Waals surface area contributed by atoms with Crippen LogP contribution in [0.3, 0.4) is 0 Å². The molecule has 7 heteroatoms. The van der Waals surface area contributed by atoms with Crippen molar-refractivity contribution in [3.63, 3.8) is 0 Å². The number of carboxylic acids is 1. The van der Waals surface area contributed by atoms with Gasteiger partial charge in [0.15, 0.2) is 0 Å². The normalized spacial score (nSPS) is 13.5. The molecule has 0 heterocycles. The number of amides is 3. The first-order chi connectivity index (χ1) is 7.86. The largest absolute Gasteiger partial charge is 0.481 e. The van der Waals surface area contributed by atoms with Gasteiger partial charge in [-0.1, -0.05) is 13.3 Å². The zero-order valence-corrected chi connectivity index (χ0v) is 10.0. The zero-order chi connectivity index (χ0) is 13.4. The van der Waals surface area contributed by atoms with Crippen LogP contribution in [0.4, 0.5) is 4.79 Å². The number of primary amides is 1. The second kappa shape index (κ2) is 7.48. The van der Waals surface area contributed by atoms with Crippen molar-refractivity contribution in [1.82, 2.24) is 10.6 Å². The summed E-state index contributed by atoms with van der Waals surface area (Å²) in [4.78, 5) is 32.5. The summed E-state index contributed by atoms with van der Waals surface area (Å²) in [5.41, 5.74) is 4.87. The van der Waals surface area contributed by atoms with Crippen molar-refractivity contribution in [2.75, 3.05) is 6.54 Å². The Morgan fingerprint density at radius 3 is 2.35 bits per heavy atom. The van der Waals surface area contributed by atoms with Gasteiger partial charge in [0.2, 0.25) is 5.91 Å². The third-order valence-corrected chi connectivity index (χ3v) is 2.36. The number of rotatable bonds is 7. The molecule has 0 aromatic carbocycles. The molecule has 98 valence electrons. The van der Waals surface area contributed by atoms with E-state index in [9.17, 15) is 14.4 Å². The van der Waals surface area contributed by atoms with E-state index < -0.39 is 18.0 Å². The molecule has 0 aromatic heterocycles. The molecule has 17 heavy (non-hydrogen) atoms. The van der Waals surface area contributed by atoms with Gasteiger partial charge in [-0.25, -0.2) is 4.79 Å². The molecule has 0 aliphatic rings. The van der Waals surface area contributed by atoms with E-state index in [4.69, 9.17) is 10.8 Å². The molecule has 0 rings (SSSR count). The van der Waals surface area contributed by atoms with Crippen molar-refractivity contribution >= 4 is 17.9 Å². The van der Waals surface area contributed by atoms with Crippen molar-refractivity contribution in [3.8, 4) is 0 Å². The standard InChI is InChI=1S/C10H19N3O4/c1-3-7(4-8(14)15)5-12-9(16)6(2)13-10(11)17/h6-7H,3-5H2,1-2H3,(H,12,16)(H,14,15)(H3,11,13,17). The summed E-state index contributed by atoms with van der Waals surface area (Å²) in [5.74, 6) is -1.39. The van der Waals surface area contributed by atoms with Crippen LogP contribution in [-0.2, 0) is 9.59 Å². The lowest BCUT2D eigenvalue weighted by Crippen LogP contribution is -2.47. The molecule has 0 bridgehead atoms. The zero-order valence-electron chi connectivity index (χ0n) is 10.0. The third-order valence-electron chi connectivity index (χ3n) is 2.36. The fourth-order valence-electron chi connectivity index (χ4n) is 1.28. The molecule has 2 atom stereocenters. The minimum absolute atomic E-state index is 0.00834. The van der Waals surface area contributed by atoms with Crippen LogP contribution < -0.4 is 16.4 Å². The number of nitrogens with two attached hydrogens (primary N) is 1. The molecule has 0 saturated heterocycles. The van der Waals surface area contributed by atoms with E-state index in [1.54, 1.807) is 0 Å². The Hall–Kier alpha value is -1.79. The Bertz CT molecular complexity index is 293. The van der Waals surface area contributed by atoms with Gasteiger partial charge in [-0.2, -0.15) is 0 Å². The Kier molecular flexibility index (Phi) is 6.69. The van der Waals surface area contributed by atoms with Crippen molar-refractivity contribution in [2.24, 2.45) is 11.7 Å². The first kappa shape index (κ1) is 15.2. The molecule has 3 amide bonds. The van der Waals surface area contributed by atoms with E-state index in [0.29, 0.717) is 6.42 Å². The summed E-state index contributed by atoms with van der Waals surface area (Å²) in [6.45, 7) is 3.62. The monoisotopic (exact) mass is 245 g/mol. The predicted octanol–water partition coefficient (Wildman–Crippen LogP) is -0.340. The second-order valence-electron chi connectivity index (χ2n) is 3.85. The summed E-state index contributed by atoms with van der Waals surface area (Å²) in [6.07, 6.45) is 0.665. The quantitative estimate of drug-likeness (QED) is 0.490. The molecule has 7 nitrogen and oxygen atoms in total. The third kappa shape index (κ3) is 7.15. The summed E-state index contributed by atoms with van der Waals surface area (Å²) in [6, 6.07) is -1.50. The minimum Gasteiger partial charge on any atom is -0.481 e. The number of aliphatic carboxylic acids is 1. The van der Waals surface area contributed by atoms with Crippen LogP contribution in [0.5, 0.6) is 0 Å². The van der Waals surface area contributed by atoms with Crippen LogP contribution in [0.1, 0.15) is 26.7 Å². The molecule has 0 aliphatic heterocycles. The highest BCUT2D eigenvalue weighted by molar-refractivity contribution is 5.86. The van der Waals surface area contributed by atoms with E-state index >= 15 is 0 Å². The smallest absolute Gasteiger partial charge is 0.312 e. The first-order valence-electron chi connectivity index (χ1n) is 5.42. The fraction of sp³-hybridized carbons (Fsp3) is 0.700. The van der Waals surface area contributed by atoms with E-state index in [1.165, 1.54) is 6.92 Å². The van der Waals surface area contributed by atoms with Crippen LogP contribution in [0.2, 0.25) is 0 Å². The summed E-state index contributed by atoms with van der Waals surface area (Å²) in [7, 11) is 0. The maximum atomic E-state index is 11.5. The Labute approximate surface area is 99.7 Å². The molecule has 0 spiro atoms. The summed E-state index contributed by atoms with van der Waals surface area (Å²) < 4.78 is 0. The molecular formula is C10H19N3O4. The lowest BCUT2D eigenvalue weighted by Gasteiger charge is -2.16. The van der Waals surface area contributed by atoms with Crippen LogP contribution in [-0.4, -0.2) is 35.6 Å². The number of carbonyl (C=O) groups excluding carboxylic acids is 2. The van der Waals surface area contributed by atoms with E-state index in [1.807, 2.05) is 6.92 Å². The van der Waals surface area contributed by atoms with Crippen molar-refractivity contribution in [1.29, 1.82) is 0 Å². The highest BCUT2D eigenvalue weighted by Crippen LogP contribution is 2.06. The highest BCUT2D eigenvalue weighted by atomic mass is 16.4. The van der Waals surface area contributed by atoms with E-state index in [0.717, 1.165) is 0 Å². The molecule has 0 saturated carbocycles. The molecule has 5 N–H and O–H groups in total. The van der Waals surface area contributed by atoms with Crippen LogP contribution >= 0.6 is 0 Å². The van der Waals surface area contributed by atoms with Crippen molar-refractivity contribution in [2.45, 2.75) is 32.7 Å². The van der Waals surface area contributed by atoms with Crippen molar-refractivity contribution in [3.05, 3.63) is 0 Å². The molecule has 2 unspecified atom stereocenters. The Balaban J connectivity index is 4.03. The Morgan fingerprint density at radius 1 is 1.35 bits per heavy atom. The number of nitrogens with one attached hydrogen (secondary N) is 2. The van der Waals surface area contributed by atoms with Gasteiger partial charge in [0.05, 0.1) is 0 Å². The van der Waals surface area contributed by atoms with Gasteiger partial charge in [0, 0.05) is 13.0 Å². The number of hydrogen-bond acceptors (Lipinski definition) is 3. The van der Waals surface area contributed by atoms with Gasteiger partial charge in [-0.15, -0.1) is 0 Å². The number of urea groups is 1. The van der Waals surface area contributed by atoms with E-state index in [-0.39, 0.29) is 24.8 Å². The van der Waals surface area contributed by atoms with Gasteiger partial charge in [-0.05, 0) is 12.8 Å². The average molecular weight is 245 g/mol. The van der Waals surface area contributed by atoms with E-state index in [2.05, 4.69) is 10.6 Å². The molecule has 0 aromatic rings. The predicted molar refractivity (Wildman–Crippen MR) is 61.2 cm³/mol. The fourth-order valence-corrected chi connectivity index (χ4v) is 1.28. The van der Waals surface area contributed by atoms with Crippen LogP contribution in [0.15, 0.2) is 0 Å². The lowest BCUT2D eigenvalue weighted by molar-refractivity contribution is -0.138. The van der Waals surface area contributed by atoms with Crippen LogP contribution in [0, 0.1) is 5.92 Å². The SMILES string of the molecule is CCC(CNC(=O)C(C)NC(N)=O)CC(=O)O. The Morgan fingerprint density at radius 2 is 1.94 bits per heavy atom. The average Bonchev–Trinajstić information content (AvgIpc) is 2.22. The first-order valence-corrected chi connectivity index (χ1v) is 5.42. The van der Waals surface area contributed by atoms with Crippen molar-refractivity contribution < 1.29 is 19.5 Å². The number of carbonyl (C=O) groups is 3. The van der Waals surface area contributed by atoms with Crippen LogP contribution in [0.25, 0.3) is 0 Å². The number of carboxylic acid groups (broad SMARTS) is 1.